The molecule has 348 valence electrons. The molecule has 1 heterocycles. The van der Waals surface area contributed by atoms with Crippen molar-refractivity contribution in [1.29, 1.82) is 0 Å². The fourth-order valence-corrected chi connectivity index (χ4v) is 15.4. The average Bonchev–Trinajstić information content (AvgIpc) is 3.74. The van der Waals surface area contributed by atoms with E-state index in [1.807, 2.05) is 91.0 Å². The Hall–Kier alpha value is -5.27. The number of alkyl halides is 7. The minimum atomic E-state index is -5.12. The number of halogens is 12. The number of nitrogens with one attached hydrogen (secondary N) is 2. The van der Waals surface area contributed by atoms with Crippen molar-refractivity contribution < 1.29 is 46.4 Å². The molecule has 67 heavy (non-hydrogen) atoms. The quantitative estimate of drug-likeness (QED) is 0.106. The summed E-state index contributed by atoms with van der Waals surface area (Å²) < 4.78 is 106. The molecule has 0 spiro atoms. The molecule has 18 heteroatoms. The second kappa shape index (κ2) is 21.4. The molecule has 0 fully saturated rings. The van der Waals surface area contributed by atoms with E-state index in [1.54, 1.807) is 54.6 Å². The van der Waals surface area contributed by atoms with Crippen molar-refractivity contribution in [3.05, 3.63) is 201 Å². The van der Waals surface area contributed by atoms with Crippen LogP contribution >= 0.6 is 67.2 Å². The van der Waals surface area contributed by atoms with Crippen LogP contribution in [0.4, 0.5) is 36.4 Å². The number of benzene rings is 7. The third-order valence-corrected chi connectivity index (χ3v) is 20.8. The van der Waals surface area contributed by atoms with Crippen molar-refractivity contribution >= 4 is 106 Å². The van der Waals surface area contributed by atoms with E-state index in [-0.39, 0.29) is 38.9 Å². The van der Waals surface area contributed by atoms with E-state index < -0.39 is 36.4 Å². The number of carbonyl (C=O) groups excluding carboxylic acids is 1. The summed E-state index contributed by atoms with van der Waals surface area (Å²) >= 11 is 29.3. The van der Waals surface area contributed by atoms with Gasteiger partial charge in [-0.2, -0.15) is 13.2 Å². The number of amides is 1. The zero-order valence-corrected chi connectivity index (χ0v) is 39.8. The smallest absolute Gasteiger partial charge is 0.0785 e. The SMILES string of the molecule is FC(F)(F)c1cc2cc(Oc3ccccc3Cl)c(Cl)cc2[nH]1.O=C(Nc1cc(Cl)c(Oc2ccccc2Cl)cc1CP(Br)(c1ccccc1)(c1ccccc1)c1ccccc1)C(F)(F)F.[2H]CF. The zero-order chi connectivity index (χ0) is 49.3. The Morgan fingerprint density at radius 1 is 0.612 bits per heavy atom. The predicted octanol–water partition coefficient (Wildman–Crippen LogP) is 16.5. The maximum absolute atomic E-state index is 13.5. The summed E-state index contributed by atoms with van der Waals surface area (Å²) in [4.78, 5) is 14.5. The van der Waals surface area contributed by atoms with Crippen LogP contribution in [0.2, 0.25) is 20.1 Å². The predicted molar refractivity (Wildman–Crippen MR) is 262 cm³/mol. The van der Waals surface area contributed by atoms with Gasteiger partial charge in [-0.15, -0.1) is 0 Å². The van der Waals surface area contributed by atoms with Crippen LogP contribution < -0.4 is 30.7 Å². The summed E-state index contributed by atoms with van der Waals surface area (Å²) in [7, 11) is -1.00. The summed E-state index contributed by atoms with van der Waals surface area (Å²) in [6.45, 7) is 0. The van der Waals surface area contributed by atoms with E-state index in [2.05, 4.69) is 25.8 Å². The van der Waals surface area contributed by atoms with Crippen LogP contribution in [0.25, 0.3) is 10.9 Å². The van der Waals surface area contributed by atoms with Gasteiger partial charge in [-0.1, -0.05) is 35.3 Å². The fourth-order valence-electron chi connectivity index (χ4n) is 7.03. The molecule has 5 nitrogen and oxygen atoms in total. The number of rotatable bonds is 10. The molecule has 0 aliphatic heterocycles. The Kier molecular flexibility index (Phi) is 15.8. The first kappa shape index (κ1) is 49.6. The first-order chi connectivity index (χ1) is 32.3. The van der Waals surface area contributed by atoms with Gasteiger partial charge in [0.25, 0.3) is 0 Å². The maximum Gasteiger partial charge on any atom is 0.0785 e. The van der Waals surface area contributed by atoms with Crippen molar-refractivity contribution in [2.45, 2.75) is 18.5 Å². The van der Waals surface area contributed by atoms with E-state index in [1.165, 1.54) is 18.2 Å². The molecule has 8 rings (SSSR count). The van der Waals surface area contributed by atoms with Gasteiger partial charge in [0.2, 0.25) is 0 Å². The molecule has 7 aromatic carbocycles. The number of aromatic nitrogens is 1. The van der Waals surface area contributed by atoms with Gasteiger partial charge in [-0.05, 0) is 30.3 Å². The number of hydrogen-bond acceptors (Lipinski definition) is 3. The topological polar surface area (TPSA) is 63.4 Å². The van der Waals surface area contributed by atoms with E-state index in [0.29, 0.717) is 32.5 Å². The van der Waals surface area contributed by atoms with Crippen LogP contribution in [-0.4, -0.2) is 24.2 Å². The summed E-state index contributed by atoms with van der Waals surface area (Å²) in [6, 6.07) is 49.4. The number of ether oxygens (including phenoxy) is 2. The molecular weight excluding hydrogens is 1050 g/mol. The van der Waals surface area contributed by atoms with E-state index in [4.69, 9.17) is 57.2 Å². The molecular formula is C49H35BrCl4F7N2O3P. The van der Waals surface area contributed by atoms with Crippen LogP contribution in [0.15, 0.2) is 170 Å². The number of para-hydroxylation sites is 2. The minimum Gasteiger partial charge on any atom is -0.255 e. The van der Waals surface area contributed by atoms with Gasteiger partial charge < -0.3 is 9.72 Å². The van der Waals surface area contributed by atoms with Gasteiger partial charge in [0.15, 0.2) is 0 Å². The Morgan fingerprint density at radius 3 is 1.46 bits per heavy atom. The van der Waals surface area contributed by atoms with E-state index in [9.17, 15) is 35.5 Å². The maximum atomic E-state index is 13.5. The summed E-state index contributed by atoms with van der Waals surface area (Å²) in [5.74, 6) is -1.03. The van der Waals surface area contributed by atoms with Crippen molar-refractivity contribution in [3.63, 3.8) is 0 Å². The third-order valence-electron chi connectivity index (χ3n) is 10.1. The number of aromatic amines is 1. The molecule has 0 saturated carbocycles. The monoisotopic (exact) mass is 1080 g/mol. The summed E-state index contributed by atoms with van der Waals surface area (Å²) in [5, 5.41) is 2.38. The Labute approximate surface area is 409 Å². The first-order valence-corrected chi connectivity index (χ1v) is 25.4. The summed E-state index contributed by atoms with van der Waals surface area (Å²) in [5.41, 5.74) is -0.275. The molecule has 0 bridgehead atoms. The molecule has 0 unspecified atom stereocenters. The third kappa shape index (κ3) is 11.5. The Bertz CT molecular complexity index is 2910. The number of hydrogen-bond donors (Lipinski definition) is 2. The van der Waals surface area contributed by atoms with Gasteiger partial charge >= 0.3 is 273 Å². The molecule has 0 aliphatic carbocycles. The number of H-pyrrole nitrogens is 1. The van der Waals surface area contributed by atoms with Gasteiger partial charge in [0.1, 0.15) is 17.2 Å². The van der Waals surface area contributed by atoms with Gasteiger partial charge in [0.05, 0.1) is 18.6 Å². The number of anilines is 1. The minimum absolute atomic E-state index is 0.00448. The average molecular weight is 1090 g/mol. The second-order valence-electron chi connectivity index (χ2n) is 14.4. The molecule has 1 amide bonds. The van der Waals surface area contributed by atoms with E-state index >= 15 is 0 Å². The fraction of sp³-hybridized carbons (Fsp3) is 0.0816. The van der Waals surface area contributed by atoms with E-state index in [0.717, 1.165) is 22.0 Å². The first-order valence-electron chi connectivity index (χ1n) is 20.2. The molecule has 2 N–H and O–H groups in total. The molecule has 0 atom stereocenters. The molecule has 0 saturated heterocycles. The Balaban J connectivity index is 0.000000254. The van der Waals surface area contributed by atoms with Crippen LogP contribution in [0, 0.1) is 0 Å². The van der Waals surface area contributed by atoms with Crippen molar-refractivity contribution in [1.82, 2.24) is 4.98 Å². The second-order valence-corrected chi connectivity index (χ2v) is 24.9. The largest absolute Gasteiger partial charge is 0.255 e. The van der Waals surface area contributed by atoms with Gasteiger partial charge in [-0.25, -0.2) is 0 Å². The van der Waals surface area contributed by atoms with Crippen LogP contribution in [-0.2, 0) is 17.1 Å². The zero-order valence-electron chi connectivity index (χ0n) is 35.3. The van der Waals surface area contributed by atoms with Crippen molar-refractivity contribution in [3.8, 4) is 23.0 Å². The molecule has 1 aromatic heterocycles. The van der Waals surface area contributed by atoms with Crippen molar-refractivity contribution in [2.24, 2.45) is 0 Å². The number of fused-ring (bicyclic) bond motifs is 1. The molecule has 8 aromatic rings. The summed E-state index contributed by atoms with van der Waals surface area (Å²) in [6.07, 6.45) is -9.41. The van der Waals surface area contributed by atoms with Crippen LogP contribution in [0.1, 0.15) is 12.6 Å². The Morgan fingerprint density at radius 2 is 1.03 bits per heavy atom. The van der Waals surface area contributed by atoms with Gasteiger partial charge in [-0.3, -0.25) is 4.39 Å². The number of carbonyl (C=O) groups is 1. The van der Waals surface area contributed by atoms with Crippen LogP contribution in [0.3, 0.4) is 0 Å². The van der Waals surface area contributed by atoms with Gasteiger partial charge in [0, 0.05) is 10.9 Å². The standard InChI is InChI=1S/C33H24BrCl2F3NO2P.C15H8Cl2F3NO.CH3F/c34-43(24-12-4-1-5-13-24,25-14-6-2-7-15-25,26-16-8-3-9-17-26)22-23-20-31(42-30-19-11-10-18-27(30)35)28(36)21-29(23)40-32(41)33(37,38)39;16-9-3-1-2-4-12(9)22-13-5-8-6-14(15(18,19)20)21-11(8)7-10(13)17;1-2/h1-21H,22H2,(H,40,41);1-7,21H;1H3/i;;1D. The normalized spacial score (nSPS) is 12.3. The molecule has 0 radical (unpaired) electrons. The molecule has 0 aliphatic rings. The van der Waals surface area contributed by atoms with Crippen LogP contribution in [0.5, 0.6) is 23.0 Å². The van der Waals surface area contributed by atoms with Crippen molar-refractivity contribution in [2.75, 3.05) is 12.5 Å².